The van der Waals surface area contributed by atoms with Crippen LogP contribution in [0, 0.1) is 0 Å². The molecule has 0 unspecified atom stereocenters. The van der Waals surface area contributed by atoms with E-state index in [0.717, 1.165) is 16.5 Å². The highest BCUT2D eigenvalue weighted by Gasteiger charge is 2.22. The van der Waals surface area contributed by atoms with Crippen LogP contribution in [-0.4, -0.2) is 44.4 Å². The van der Waals surface area contributed by atoms with Gasteiger partial charge in [-0.15, -0.1) is 0 Å². The van der Waals surface area contributed by atoms with E-state index in [1.807, 2.05) is 37.3 Å². The van der Waals surface area contributed by atoms with E-state index < -0.39 is 10.0 Å². The fourth-order valence-electron chi connectivity index (χ4n) is 2.52. The van der Waals surface area contributed by atoms with Crippen molar-refractivity contribution in [3.8, 4) is 0 Å². The van der Waals surface area contributed by atoms with Crippen molar-refractivity contribution < 1.29 is 18.0 Å². The predicted octanol–water partition coefficient (Wildman–Crippen LogP) is 2.92. The molecule has 0 atom stereocenters. The molecule has 1 amide bonds. The third-order valence-electron chi connectivity index (χ3n) is 3.99. The summed E-state index contributed by atoms with van der Waals surface area (Å²) >= 11 is 0. The van der Waals surface area contributed by atoms with Gasteiger partial charge in [0.1, 0.15) is 0 Å². The number of sulfonamides is 1. The average molecular weight is 376 g/mol. The molecule has 0 radical (unpaired) electrons. The van der Waals surface area contributed by atoms with Crippen LogP contribution in [0.4, 0.5) is 0 Å². The zero-order chi connectivity index (χ0) is 19.2. The van der Waals surface area contributed by atoms with Crippen molar-refractivity contribution >= 4 is 15.9 Å². The third kappa shape index (κ3) is 4.69. The molecular formula is C19H24N2O4S. The van der Waals surface area contributed by atoms with Gasteiger partial charge in [0.15, 0.2) is 0 Å². The number of amides is 1. The number of carbonyl (C=O) groups excluding carboxylic acids is 1. The SMILES string of the molecule is CCCN(Cc1ccccc1)C(=O)c1ccc(S(=O)(=O)N(C)OC)cc1. The van der Waals surface area contributed by atoms with Gasteiger partial charge in [0.05, 0.1) is 12.0 Å². The second kappa shape index (κ2) is 8.93. The summed E-state index contributed by atoms with van der Waals surface area (Å²) in [6, 6.07) is 15.7. The van der Waals surface area contributed by atoms with Gasteiger partial charge in [-0.1, -0.05) is 41.7 Å². The molecular weight excluding hydrogens is 352 g/mol. The normalized spacial score (nSPS) is 11.5. The van der Waals surface area contributed by atoms with Crippen LogP contribution in [0.3, 0.4) is 0 Å². The zero-order valence-corrected chi connectivity index (χ0v) is 16.1. The summed E-state index contributed by atoms with van der Waals surface area (Å²) in [5.41, 5.74) is 1.50. The van der Waals surface area contributed by atoms with E-state index in [-0.39, 0.29) is 10.8 Å². The van der Waals surface area contributed by atoms with Crippen LogP contribution in [0.1, 0.15) is 29.3 Å². The van der Waals surface area contributed by atoms with Crippen LogP contribution in [-0.2, 0) is 21.4 Å². The molecule has 0 saturated heterocycles. The Kier molecular flexibility index (Phi) is 6.90. The Hall–Kier alpha value is -2.22. The average Bonchev–Trinajstić information content (AvgIpc) is 2.67. The molecule has 0 aromatic heterocycles. The van der Waals surface area contributed by atoms with E-state index in [2.05, 4.69) is 0 Å². The fourth-order valence-corrected chi connectivity index (χ4v) is 3.50. The maximum Gasteiger partial charge on any atom is 0.264 e. The number of rotatable bonds is 8. The summed E-state index contributed by atoms with van der Waals surface area (Å²) in [7, 11) is -1.13. The van der Waals surface area contributed by atoms with Gasteiger partial charge in [-0.3, -0.25) is 9.63 Å². The van der Waals surface area contributed by atoms with Gasteiger partial charge >= 0.3 is 0 Å². The maximum absolute atomic E-state index is 12.8. The molecule has 2 aromatic rings. The summed E-state index contributed by atoms with van der Waals surface area (Å²) in [5.74, 6) is -0.125. The van der Waals surface area contributed by atoms with Crippen molar-refractivity contribution in [2.75, 3.05) is 20.7 Å². The van der Waals surface area contributed by atoms with Crippen LogP contribution in [0.25, 0.3) is 0 Å². The van der Waals surface area contributed by atoms with Gasteiger partial charge in [0.25, 0.3) is 15.9 Å². The van der Waals surface area contributed by atoms with Crippen LogP contribution < -0.4 is 0 Å². The van der Waals surface area contributed by atoms with Gasteiger partial charge in [0, 0.05) is 25.7 Å². The van der Waals surface area contributed by atoms with Crippen molar-refractivity contribution in [2.45, 2.75) is 24.8 Å². The molecule has 0 bridgehead atoms. The third-order valence-corrected chi connectivity index (χ3v) is 5.69. The lowest BCUT2D eigenvalue weighted by atomic mass is 10.1. The minimum absolute atomic E-state index is 0.0727. The summed E-state index contributed by atoms with van der Waals surface area (Å²) in [5, 5.41) is 0. The zero-order valence-electron chi connectivity index (χ0n) is 15.3. The lowest BCUT2D eigenvalue weighted by molar-refractivity contribution is -0.0258. The van der Waals surface area contributed by atoms with Gasteiger partial charge in [-0.25, -0.2) is 8.42 Å². The highest BCUT2D eigenvalue weighted by Crippen LogP contribution is 2.17. The Morgan fingerprint density at radius 3 is 2.19 bits per heavy atom. The lowest BCUT2D eigenvalue weighted by Crippen LogP contribution is -2.31. The van der Waals surface area contributed by atoms with Gasteiger partial charge in [0.2, 0.25) is 0 Å². The fraction of sp³-hybridized carbons (Fsp3) is 0.316. The van der Waals surface area contributed by atoms with Crippen molar-refractivity contribution in [3.05, 3.63) is 65.7 Å². The maximum atomic E-state index is 12.8. The van der Waals surface area contributed by atoms with Crippen molar-refractivity contribution in [3.63, 3.8) is 0 Å². The number of hydrogen-bond acceptors (Lipinski definition) is 4. The molecule has 26 heavy (non-hydrogen) atoms. The minimum atomic E-state index is -3.72. The highest BCUT2D eigenvalue weighted by molar-refractivity contribution is 7.89. The monoisotopic (exact) mass is 376 g/mol. The molecule has 0 saturated carbocycles. The number of hydrogen-bond donors (Lipinski definition) is 0. The summed E-state index contributed by atoms with van der Waals surface area (Å²) in [4.78, 5) is 19.4. The quantitative estimate of drug-likeness (QED) is 0.665. The molecule has 0 fully saturated rings. The number of hydroxylamine groups is 1. The Labute approximate surface area is 155 Å². The van der Waals surface area contributed by atoms with Crippen LogP contribution in [0.2, 0.25) is 0 Å². The molecule has 0 aliphatic heterocycles. The molecule has 0 aliphatic rings. The first-order valence-corrected chi connectivity index (χ1v) is 9.80. The standard InChI is InChI=1S/C19H24N2O4S/c1-4-14-21(15-16-8-6-5-7-9-16)19(22)17-10-12-18(13-11-17)26(23,24)20(2)25-3/h5-13H,4,14-15H2,1-3H3. The Balaban J connectivity index is 2.21. The first-order chi connectivity index (χ1) is 12.4. The Morgan fingerprint density at radius 1 is 1.04 bits per heavy atom. The van der Waals surface area contributed by atoms with E-state index in [9.17, 15) is 13.2 Å². The smallest absolute Gasteiger partial charge is 0.264 e. The van der Waals surface area contributed by atoms with Crippen LogP contribution in [0.15, 0.2) is 59.5 Å². The van der Waals surface area contributed by atoms with E-state index in [4.69, 9.17) is 4.84 Å². The Morgan fingerprint density at radius 2 is 1.65 bits per heavy atom. The van der Waals surface area contributed by atoms with Crippen LogP contribution >= 0.6 is 0 Å². The molecule has 6 nitrogen and oxygen atoms in total. The summed E-state index contributed by atoms with van der Waals surface area (Å²) in [6.45, 7) is 3.15. The second-order valence-corrected chi connectivity index (χ2v) is 7.77. The molecule has 0 heterocycles. The van der Waals surface area contributed by atoms with Gasteiger partial charge in [-0.2, -0.15) is 0 Å². The van der Waals surface area contributed by atoms with E-state index in [1.54, 1.807) is 4.90 Å². The number of carbonyl (C=O) groups is 1. The van der Waals surface area contributed by atoms with Gasteiger partial charge < -0.3 is 4.90 Å². The lowest BCUT2D eigenvalue weighted by Gasteiger charge is -2.22. The van der Waals surface area contributed by atoms with E-state index in [1.165, 1.54) is 38.4 Å². The van der Waals surface area contributed by atoms with Crippen molar-refractivity contribution in [1.29, 1.82) is 0 Å². The van der Waals surface area contributed by atoms with E-state index in [0.29, 0.717) is 18.7 Å². The minimum Gasteiger partial charge on any atom is -0.334 e. The molecule has 0 N–H and O–H groups in total. The summed E-state index contributed by atoms with van der Waals surface area (Å²) < 4.78 is 25.2. The molecule has 0 aliphatic carbocycles. The predicted molar refractivity (Wildman–Crippen MR) is 99.9 cm³/mol. The first kappa shape index (κ1) is 20.1. The molecule has 2 rings (SSSR count). The highest BCUT2D eigenvalue weighted by atomic mass is 32.2. The summed E-state index contributed by atoms with van der Waals surface area (Å²) in [6.07, 6.45) is 0.837. The second-order valence-electron chi connectivity index (χ2n) is 5.83. The number of nitrogens with zero attached hydrogens (tertiary/aromatic N) is 2. The molecule has 140 valence electrons. The number of benzene rings is 2. The van der Waals surface area contributed by atoms with Crippen molar-refractivity contribution in [2.24, 2.45) is 0 Å². The first-order valence-electron chi connectivity index (χ1n) is 8.36. The molecule has 7 heteroatoms. The van der Waals surface area contributed by atoms with E-state index >= 15 is 0 Å². The van der Waals surface area contributed by atoms with Crippen molar-refractivity contribution in [1.82, 2.24) is 9.37 Å². The van der Waals surface area contributed by atoms with Crippen LogP contribution in [0.5, 0.6) is 0 Å². The topological polar surface area (TPSA) is 66.9 Å². The Bertz CT molecular complexity index is 820. The van der Waals surface area contributed by atoms with Gasteiger partial charge in [-0.05, 0) is 36.2 Å². The molecule has 0 spiro atoms. The molecule has 2 aromatic carbocycles. The largest absolute Gasteiger partial charge is 0.334 e.